The van der Waals surface area contributed by atoms with E-state index in [1.54, 1.807) is 4.90 Å². The van der Waals surface area contributed by atoms with Crippen molar-refractivity contribution in [3.05, 3.63) is 100 Å². The van der Waals surface area contributed by atoms with E-state index in [2.05, 4.69) is 72.7 Å². The molecule has 6 heteroatoms. The minimum atomic E-state index is -0.0526. The third kappa shape index (κ3) is 4.25. The molecule has 2 aliphatic heterocycles. The van der Waals surface area contributed by atoms with Crippen LogP contribution in [0.5, 0.6) is 0 Å². The van der Waals surface area contributed by atoms with Gasteiger partial charge in [0.2, 0.25) is 5.96 Å². The molecule has 1 atom stereocenters. The summed E-state index contributed by atoms with van der Waals surface area (Å²) in [5, 5.41) is 5.05. The second kappa shape index (κ2) is 9.40. The topological polar surface area (TPSA) is 53.7 Å². The summed E-state index contributed by atoms with van der Waals surface area (Å²) in [5.74, 6) is 1.75. The third-order valence-corrected chi connectivity index (χ3v) is 7.51. The van der Waals surface area contributed by atoms with E-state index < -0.39 is 0 Å². The smallest absolute Gasteiger partial charge is 0.266 e. The van der Waals surface area contributed by atoms with Gasteiger partial charge in [0.05, 0.1) is 24.8 Å². The van der Waals surface area contributed by atoms with Gasteiger partial charge in [-0.3, -0.25) is 19.3 Å². The number of aromatic nitrogens is 2. The summed E-state index contributed by atoms with van der Waals surface area (Å²) in [5.41, 5.74) is 12.6. The van der Waals surface area contributed by atoms with E-state index in [1.807, 2.05) is 30.0 Å². The van der Waals surface area contributed by atoms with Crippen molar-refractivity contribution in [1.29, 1.82) is 0 Å². The first-order valence-corrected chi connectivity index (χ1v) is 13.0. The molecule has 186 valence electrons. The van der Waals surface area contributed by atoms with Crippen LogP contribution < -0.4 is 4.90 Å². The van der Waals surface area contributed by atoms with E-state index in [-0.39, 0.29) is 11.9 Å². The Balaban J connectivity index is 1.39. The van der Waals surface area contributed by atoms with Gasteiger partial charge in [0.1, 0.15) is 5.56 Å². The molecule has 0 saturated heterocycles. The van der Waals surface area contributed by atoms with Crippen molar-refractivity contribution in [2.24, 2.45) is 10.9 Å². The lowest BCUT2D eigenvalue weighted by atomic mass is 9.96. The van der Waals surface area contributed by atoms with Crippen molar-refractivity contribution in [2.75, 3.05) is 18.5 Å². The van der Waals surface area contributed by atoms with Crippen molar-refractivity contribution in [1.82, 2.24) is 14.7 Å². The molecule has 37 heavy (non-hydrogen) atoms. The lowest BCUT2D eigenvalue weighted by molar-refractivity contribution is 0.0864. The Morgan fingerprint density at radius 1 is 1.16 bits per heavy atom. The highest BCUT2D eigenvalue weighted by Gasteiger charge is 2.43. The first-order chi connectivity index (χ1) is 18.0. The van der Waals surface area contributed by atoms with Crippen LogP contribution in [0.3, 0.4) is 0 Å². The van der Waals surface area contributed by atoms with Gasteiger partial charge in [-0.25, -0.2) is 4.99 Å². The largest absolute Gasteiger partial charge is 0.292 e. The van der Waals surface area contributed by atoms with Crippen molar-refractivity contribution >= 4 is 23.3 Å². The van der Waals surface area contributed by atoms with Crippen LogP contribution in [0.1, 0.15) is 53.9 Å². The third-order valence-electron chi connectivity index (χ3n) is 7.51. The highest BCUT2D eigenvalue weighted by Crippen LogP contribution is 2.35. The predicted molar refractivity (Wildman–Crippen MR) is 148 cm³/mol. The SMILES string of the molecule is CC(C)[C@@H]1CN2C(=N1)N(C)C(=O)c1c2nn(Cc2ccc(C3=CC=CCC3)cc2)c1CC1=C=C=CC=C1. The maximum absolute atomic E-state index is 13.7. The van der Waals surface area contributed by atoms with Gasteiger partial charge in [-0.2, -0.15) is 5.10 Å². The summed E-state index contributed by atoms with van der Waals surface area (Å²) < 4.78 is 2.00. The highest BCUT2D eigenvalue weighted by atomic mass is 16.2. The number of hydrogen-bond donors (Lipinski definition) is 0. The van der Waals surface area contributed by atoms with Crippen molar-refractivity contribution < 1.29 is 4.79 Å². The summed E-state index contributed by atoms with van der Waals surface area (Å²) in [6.45, 7) is 5.66. The molecule has 0 bridgehead atoms. The van der Waals surface area contributed by atoms with Crippen LogP contribution in [-0.4, -0.2) is 46.2 Å². The van der Waals surface area contributed by atoms with Crippen LogP contribution in [0, 0.1) is 5.92 Å². The molecule has 1 aromatic carbocycles. The number of aliphatic imine (C=N–C) groups is 1. The van der Waals surface area contributed by atoms with Crippen LogP contribution in [0.4, 0.5) is 5.82 Å². The molecule has 6 nitrogen and oxygen atoms in total. The first-order valence-electron chi connectivity index (χ1n) is 13.0. The molecule has 1 aromatic heterocycles. The molecule has 1 amide bonds. The second-order valence-electron chi connectivity index (χ2n) is 10.4. The molecular weight excluding hydrogens is 458 g/mol. The lowest BCUT2D eigenvalue weighted by Gasteiger charge is -2.30. The Morgan fingerprint density at radius 2 is 2.00 bits per heavy atom. The highest BCUT2D eigenvalue weighted by molar-refractivity contribution is 6.19. The van der Waals surface area contributed by atoms with E-state index in [1.165, 1.54) is 11.1 Å². The molecule has 0 fully saturated rings. The maximum Gasteiger partial charge on any atom is 0.266 e. The Bertz CT molecular complexity index is 1480. The predicted octanol–water partition coefficient (Wildman–Crippen LogP) is 5.30. The molecule has 2 aromatic rings. The average Bonchev–Trinajstić information content (AvgIpc) is 3.52. The molecule has 2 aliphatic carbocycles. The van der Waals surface area contributed by atoms with Gasteiger partial charge in [0.25, 0.3) is 5.91 Å². The lowest BCUT2D eigenvalue weighted by Crippen LogP contribution is -2.48. The van der Waals surface area contributed by atoms with Crippen LogP contribution in [-0.2, 0) is 13.0 Å². The van der Waals surface area contributed by atoms with Gasteiger partial charge >= 0.3 is 0 Å². The van der Waals surface area contributed by atoms with Gasteiger partial charge in [-0.15, -0.1) is 0 Å². The molecule has 0 N–H and O–H groups in total. The van der Waals surface area contributed by atoms with Gasteiger partial charge < -0.3 is 0 Å². The molecule has 6 rings (SSSR count). The quantitative estimate of drug-likeness (QED) is 0.518. The van der Waals surface area contributed by atoms with Crippen molar-refractivity contribution in [2.45, 2.75) is 45.7 Å². The number of allylic oxidation sites excluding steroid dienone is 8. The average molecular weight is 490 g/mol. The van der Waals surface area contributed by atoms with Crippen molar-refractivity contribution in [3.8, 4) is 0 Å². The number of hydrogen-bond acceptors (Lipinski definition) is 4. The zero-order valence-corrected chi connectivity index (χ0v) is 21.6. The number of rotatable bonds is 6. The molecule has 4 aliphatic rings. The number of benzene rings is 1. The summed E-state index contributed by atoms with van der Waals surface area (Å²) in [6.07, 6.45) is 15.1. The van der Waals surface area contributed by atoms with Gasteiger partial charge in [0.15, 0.2) is 5.82 Å². The van der Waals surface area contributed by atoms with Crippen LogP contribution in [0.15, 0.2) is 82.7 Å². The zero-order chi connectivity index (χ0) is 25.5. The number of anilines is 1. The molecule has 3 heterocycles. The maximum atomic E-state index is 13.7. The number of fused-ring (bicyclic) bond motifs is 3. The Kier molecular flexibility index (Phi) is 5.92. The number of amides is 1. The number of carbonyl (C=O) groups is 1. The molecule has 0 spiro atoms. The number of carbonyl (C=O) groups excluding carboxylic acids is 1. The summed E-state index contributed by atoms with van der Waals surface area (Å²) in [6, 6.07) is 8.87. The summed E-state index contributed by atoms with van der Waals surface area (Å²) >= 11 is 0. The fraction of sp³-hybridized carbons (Fsp3) is 0.323. The molecule has 0 radical (unpaired) electrons. The van der Waals surface area contributed by atoms with Crippen LogP contribution in [0.2, 0.25) is 0 Å². The summed E-state index contributed by atoms with van der Waals surface area (Å²) in [4.78, 5) is 22.3. The Morgan fingerprint density at radius 3 is 2.70 bits per heavy atom. The van der Waals surface area contributed by atoms with E-state index in [4.69, 9.17) is 10.1 Å². The number of nitrogens with zero attached hydrogens (tertiary/aromatic N) is 5. The monoisotopic (exact) mass is 489 g/mol. The molecule has 0 saturated carbocycles. The fourth-order valence-corrected chi connectivity index (χ4v) is 5.31. The van der Waals surface area contributed by atoms with Crippen molar-refractivity contribution in [3.63, 3.8) is 0 Å². The first kappa shape index (κ1) is 23.3. The Hall–Kier alpha value is -4.11. The molecule has 0 unspecified atom stereocenters. The fourth-order valence-electron chi connectivity index (χ4n) is 5.31. The minimum Gasteiger partial charge on any atom is -0.292 e. The van der Waals surface area contributed by atoms with Crippen LogP contribution >= 0.6 is 0 Å². The Labute approximate surface area is 218 Å². The second-order valence-corrected chi connectivity index (χ2v) is 10.4. The minimum absolute atomic E-state index is 0.0526. The number of guanidine groups is 1. The zero-order valence-electron chi connectivity index (χ0n) is 21.6. The van der Waals surface area contributed by atoms with Gasteiger partial charge in [-0.05, 0) is 47.6 Å². The van der Waals surface area contributed by atoms with Gasteiger partial charge in [0, 0.05) is 19.0 Å². The summed E-state index contributed by atoms with van der Waals surface area (Å²) in [7, 11) is 1.82. The van der Waals surface area contributed by atoms with E-state index >= 15 is 0 Å². The van der Waals surface area contributed by atoms with E-state index in [0.717, 1.165) is 42.0 Å². The standard InChI is InChI=1S/C31H31N5O/c1-21(2)26-20-35-29-28(30(37)34(3)31(35)32-26)27(18-22-10-6-4-7-11-22)36(33-29)19-23-14-16-25(17-15-23)24-12-8-5-9-13-24/h4-6,8,10,12,14-17,21,26H,9,13,18-20H2,1-3H3/t26-/m0/s1. The van der Waals surface area contributed by atoms with Gasteiger partial charge in [-0.1, -0.05) is 73.9 Å². The van der Waals surface area contributed by atoms with E-state index in [0.29, 0.717) is 30.4 Å². The normalized spacial score (nSPS) is 19.8. The van der Waals surface area contributed by atoms with E-state index in [9.17, 15) is 4.79 Å². The molecular formula is C31H31N5O. The van der Waals surface area contributed by atoms with Crippen LogP contribution in [0.25, 0.3) is 5.57 Å².